The van der Waals surface area contributed by atoms with Gasteiger partial charge in [0.2, 0.25) is 0 Å². The van der Waals surface area contributed by atoms with E-state index in [4.69, 9.17) is 15.3 Å². The quantitative estimate of drug-likeness (QED) is 0.621. The molecule has 1 aliphatic carbocycles. The van der Waals surface area contributed by atoms with Crippen LogP contribution in [0.25, 0.3) is 0 Å². The number of nitrogens with one attached hydrogen (secondary N) is 2. The summed E-state index contributed by atoms with van der Waals surface area (Å²) in [6.45, 7) is 0.712. The van der Waals surface area contributed by atoms with Crippen LogP contribution in [0.15, 0.2) is 27.8 Å². The molecule has 0 bridgehead atoms. The highest BCUT2D eigenvalue weighted by atomic mass is 16.4. The number of nitrogens with two attached hydrogens (primary N) is 1. The van der Waals surface area contributed by atoms with Crippen LogP contribution in [0, 0.1) is 0 Å². The van der Waals surface area contributed by atoms with Crippen LogP contribution >= 0.6 is 0 Å². The number of allylic oxidation sites excluding steroid dienone is 1. The third-order valence-electron chi connectivity index (χ3n) is 3.84. The zero-order chi connectivity index (χ0) is 12.5. The number of rotatable bonds is 2. The van der Waals surface area contributed by atoms with E-state index in [9.17, 15) is 0 Å². The van der Waals surface area contributed by atoms with Gasteiger partial charge in [0.25, 0.3) is 0 Å². The second-order valence-corrected chi connectivity index (χ2v) is 4.94. The van der Waals surface area contributed by atoms with E-state index >= 15 is 0 Å². The summed E-state index contributed by atoms with van der Waals surface area (Å²) in [5.74, 6) is 1.97. The molecule has 5 N–H and O–H groups in total. The van der Waals surface area contributed by atoms with Crippen molar-refractivity contribution in [3.8, 4) is 0 Å². The predicted octanol–water partition coefficient (Wildman–Crippen LogP) is 0.729. The minimum Gasteiger partial charge on any atom is -0.463 e. The second-order valence-electron chi connectivity index (χ2n) is 4.94. The van der Waals surface area contributed by atoms with Crippen LogP contribution in [0.3, 0.4) is 0 Å². The number of aliphatic hydroxyl groups excluding tert-OH is 1. The van der Waals surface area contributed by atoms with E-state index in [1.165, 1.54) is 11.3 Å². The molecule has 0 saturated carbocycles. The van der Waals surface area contributed by atoms with Crippen molar-refractivity contribution in [2.45, 2.75) is 38.0 Å². The number of hydrogen-bond donors (Lipinski definition) is 4. The number of furan rings is 1. The van der Waals surface area contributed by atoms with Gasteiger partial charge in [-0.2, -0.15) is 0 Å². The molecule has 1 aromatic rings. The van der Waals surface area contributed by atoms with Crippen molar-refractivity contribution in [2.24, 2.45) is 5.73 Å². The minimum absolute atomic E-state index is 0.0384. The van der Waals surface area contributed by atoms with Gasteiger partial charge in [-0.25, -0.2) is 0 Å². The van der Waals surface area contributed by atoms with E-state index in [0.717, 1.165) is 31.7 Å². The molecule has 2 heterocycles. The fourth-order valence-electron chi connectivity index (χ4n) is 2.82. The fraction of sp³-hybridized carbons (Fsp3) is 0.538. The largest absolute Gasteiger partial charge is 0.463 e. The second kappa shape index (κ2) is 4.76. The van der Waals surface area contributed by atoms with Gasteiger partial charge in [-0.3, -0.25) is 5.32 Å². The Bertz CT molecular complexity index is 467. The van der Waals surface area contributed by atoms with Crippen LogP contribution in [0.4, 0.5) is 0 Å². The summed E-state index contributed by atoms with van der Waals surface area (Å²) in [7, 11) is 0. The first-order valence-electron chi connectivity index (χ1n) is 6.42. The highest BCUT2D eigenvalue weighted by molar-refractivity contribution is 5.27. The molecule has 1 aliphatic heterocycles. The van der Waals surface area contributed by atoms with Crippen LogP contribution in [0.1, 0.15) is 36.7 Å². The summed E-state index contributed by atoms with van der Waals surface area (Å²) in [5.41, 5.74) is 8.64. The van der Waals surface area contributed by atoms with Gasteiger partial charge in [0.05, 0.1) is 12.8 Å². The normalized spacial score (nSPS) is 27.9. The lowest BCUT2D eigenvalue weighted by molar-refractivity contribution is 0.239. The lowest BCUT2D eigenvalue weighted by Crippen LogP contribution is -2.50. The molecule has 18 heavy (non-hydrogen) atoms. The van der Waals surface area contributed by atoms with Gasteiger partial charge in [-0.15, -0.1) is 0 Å². The van der Waals surface area contributed by atoms with Crippen molar-refractivity contribution in [2.75, 3.05) is 6.67 Å². The van der Waals surface area contributed by atoms with Crippen molar-refractivity contribution in [3.05, 3.63) is 34.9 Å². The fourth-order valence-corrected chi connectivity index (χ4v) is 2.82. The molecule has 3 rings (SSSR count). The van der Waals surface area contributed by atoms with E-state index in [1.807, 2.05) is 12.1 Å². The summed E-state index contributed by atoms with van der Waals surface area (Å²) in [5, 5.41) is 15.6. The van der Waals surface area contributed by atoms with Crippen LogP contribution in [-0.2, 0) is 6.61 Å². The molecule has 1 aromatic heterocycles. The van der Waals surface area contributed by atoms with Crippen LogP contribution < -0.4 is 16.4 Å². The summed E-state index contributed by atoms with van der Waals surface area (Å²) < 4.78 is 5.63. The van der Waals surface area contributed by atoms with Gasteiger partial charge < -0.3 is 20.6 Å². The Morgan fingerprint density at radius 3 is 3.11 bits per heavy atom. The molecule has 0 radical (unpaired) electrons. The lowest BCUT2D eigenvalue weighted by atomic mass is 9.83. The van der Waals surface area contributed by atoms with Crippen LogP contribution in [0.2, 0.25) is 0 Å². The average Bonchev–Trinajstić information content (AvgIpc) is 2.88. The third kappa shape index (κ3) is 2.05. The Labute approximate surface area is 106 Å². The van der Waals surface area contributed by atoms with E-state index in [-0.39, 0.29) is 12.8 Å². The van der Waals surface area contributed by atoms with Crippen molar-refractivity contribution in [3.63, 3.8) is 0 Å². The lowest BCUT2D eigenvalue weighted by Gasteiger charge is -2.34. The first-order chi connectivity index (χ1) is 8.78. The SMILES string of the molecule is NC1NCNC2=C1CC(c1ccc(CO)o1)CC2. The summed E-state index contributed by atoms with van der Waals surface area (Å²) in [6.07, 6.45) is 2.97. The van der Waals surface area contributed by atoms with Crippen molar-refractivity contribution in [1.82, 2.24) is 10.6 Å². The Morgan fingerprint density at radius 1 is 1.44 bits per heavy atom. The first-order valence-corrected chi connectivity index (χ1v) is 6.42. The number of hydrogen-bond acceptors (Lipinski definition) is 5. The van der Waals surface area contributed by atoms with Crippen LogP contribution in [-0.4, -0.2) is 17.9 Å². The maximum atomic E-state index is 9.04. The highest BCUT2D eigenvalue weighted by Gasteiger charge is 2.29. The third-order valence-corrected chi connectivity index (χ3v) is 3.84. The summed E-state index contributed by atoms with van der Waals surface area (Å²) >= 11 is 0. The smallest absolute Gasteiger partial charge is 0.129 e. The zero-order valence-electron chi connectivity index (χ0n) is 10.3. The molecule has 98 valence electrons. The molecule has 5 heteroatoms. The Hall–Kier alpha value is -1.30. The molecule has 0 saturated heterocycles. The summed E-state index contributed by atoms with van der Waals surface area (Å²) in [4.78, 5) is 0. The standard InChI is InChI=1S/C13H19N3O2/c14-13-10-5-8(1-3-11(10)15-7-16-13)12-4-2-9(6-17)18-12/h2,4,8,13,15-17H,1,3,5-7,14H2. The minimum atomic E-state index is -0.0451. The average molecular weight is 249 g/mol. The van der Waals surface area contributed by atoms with Gasteiger partial charge in [-0.05, 0) is 37.0 Å². The maximum absolute atomic E-state index is 9.04. The molecule has 2 unspecified atom stereocenters. The van der Waals surface area contributed by atoms with Gasteiger partial charge in [0, 0.05) is 11.6 Å². The van der Waals surface area contributed by atoms with Gasteiger partial charge in [-0.1, -0.05) is 0 Å². The molecule has 0 aromatic carbocycles. The van der Waals surface area contributed by atoms with Crippen molar-refractivity contribution in [1.29, 1.82) is 0 Å². The maximum Gasteiger partial charge on any atom is 0.129 e. The van der Waals surface area contributed by atoms with E-state index in [1.54, 1.807) is 0 Å². The Morgan fingerprint density at radius 2 is 2.33 bits per heavy atom. The highest BCUT2D eigenvalue weighted by Crippen LogP contribution is 2.37. The van der Waals surface area contributed by atoms with Gasteiger partial charge in [0.15, 0.2) is 0 Å². The molecule has 5 nitrogen and oxygen atoms in total. The van der Waals surface area contributed by atoms with E-state index in [2.05, 4.69) is 10.6 Å². The molecular weight excluding hydrogens is 230 g/mol. The molecule has 2 aliphatic rings. The molecular formula is C13H19N3O2. The van der Waals surface area contributed by atoms with Gasteiger partial charge >= 0.3 is 0 Å². The van der Waals surface area contributed by atoms with E-state index < -0.39 is 0 Å². The molecule has 0 spiro atoms. The first kappa shape index (κ1) is 11.8. The zero-order valence-corrected chi connectivity index (χ0v) is 10.3. The molecule has 0 amide bonds. The Kier molecular flexibility index (Phi) is 3.11. The Balaban J connectivity index is 1.79. The topological polar surface area (TPSA) is 83.5 Å². The molecule has 2 atom stereocenters. The summed E-state index contributed by atoms with van der Waals surface area (Å²) in [6, 6.07) is 3.81. The predicted molar refractivity (Wildman–Crippen MR) is 67.4 cm³/mol. The monoisotopic (exact) mass is 249 g/mol. The number of aliphatic hydroxyl groups is 1. The van der Waals surface area contributed by atoms with Gasteiger partial charge in [0.1, 0.15) is 18.1 Å². The van der Waals surface area contributed by atoms with Crippen molar-refractivity contribution < 1.29 is 9.52 Å². The molecule has 0 fully saturated rings. The van der Waals surface area contributed by atoms with E-state index in [0.29, 0.717) is 11.7 Å². The van der Waals surface area contributed by atoms with Crippen molar-refractivity contribution >= 4 is 0 Å². The van der Waals surface area contributed by atoms with Crippen LogP contribution in [0.5, 0.6) is 0 Å².